The first-order valence-electron chi connectivity index (χ1n) is 5.67. The third kappa shape index (κ3) is 2.30. The summed E-state index contributed by atoms with van der Waals surface area (Å²) in [6.45, 7) is 0. The number of benzene rings is 1. The van der Waals surface area contributed by atoms with Gasteiger partial charge in [-0.15, -0.1) is 0 Å². The van der Waals surface area contributed by atoms with Gasteiger partial charge in [0, 0.05) is 5.57 Å². The van der Waals surface area contributed by atoms with Gasteiger partial charge in [0.1, 0.15) is 12.0 Å². The lowest BCUT2D eigenvalue weighted by atomic mass is 9.83. The van der Waals surface area contributed by atoms with E-state index < -0.39 is 17.8 Å². The molecule has 4 heteroatoms. The molecule has 92 valence electrons. The van der Waals surface area contributed by atoms with Crippen molar-refractivity contribution in [2.75, 3.05) is 0 Å². The maximum absolute atomic E-state index is 12.1. The predicted octanol–water partition coefficient (Wildman–Crippen LogP) is 1.82. The molecule has 2 rings (SSSR count). The van der Waals surface area contributed by atoms with E-state index in [2.05, 4.69) is 0 Å². The zero-order valence-electron chi connectivity index (χ0n) is 9.95. The van der Waals surface area contributed by atoms with Gasteiger partial charge >= 0.3 is 0 Å². The third-order valence-electron chi connectivity index (χ3n) is 2.97. The van der Waals surface area contributed by atoms with Crippen molar-refractivity contribution in [1.29, 1.82) is 10.5 Å². The summed E-state index contributed by atoms with van der Waals surface area (Å²) in [5.41, 5.74) is 0.820. The summed E-state index contributed by atoms with van der Waals surface area (Å²) in [5.74, 6) is -1.64. The van der Waals surface area contributed by atoms with Gasteiger partial charge in [-0.3, -0.25) is 4.79 Å². The third-order valence-corrected chi connectivity index (χ3v) is 2.97. The molecule has 1 aliphatic carbocycles. The van der Waals surface area contributed by atoms with Crippen molar-refractivity contribution in [2.24, 2.45) is 5.92 Å². The molecule has 0 aliphatic heterocycles. The maximum atomic E-state index is 12.1. The van der Waals surface area contributed by atoms with E-state index in [4.69, 9.17) is 10.5 Å². The van der Waals surface area contributed by atoms with Gasteiger partial charge in [0.15, 0.2) is 5.78 Å². The first kappa shape index (κ1) is 12.8. The van der Waals surface area contributed by atoms with Gasteiger partial charge in [0.05, 0.1) is 17.7 Å². The molecule has 1 N–H and O–H groups in total. The molecular formula is C15H10N2O2. The minimum absolute atomic E-state index is 0.108. The van der Waals surface area contributed by atoms with Crippen LogP contribution in [-0.4, -0.2) is 10.9 Å². The lowest BCUT2D eigenvalue weighted by molar-refractivity contribution is -0.117. The van der Waals surface area contributed by atoms with Crippen molar-refractivity contribution in [3.05, 3.63) is 59.2 Å². The van der Waals surface area contributed by atoms with Gasteiger partial charge in [-0.2, -0.15) is 10.5 Å². The molecule has 4 nitrogen and oxygen atoms in total. The largest absolute Gasteiger partial charge is 0.384 e. The Morgan fingerprint density at radius 3 is 2.42 bits per heavy atom. The van der Waals surface area contributed by atoms with Crippen LogP contribution in [0.4, 0.5) is 0 Å². The summed E-state index contributed by atoms with van der Waals surface area (Å²) in [4.78, 5) is 12.1. The number of allylic oxidation sites excluding steroid dienone is 3. The predicted molar refractivity (Wildman–Crippen MR) is 67.3 cm³/mol. The number of carbonyl (C=O) groups excluding carboxylic acids is 1. The van der Waals surface area contributed by atoms with Gasteiger partial charge in [-0.1, -0.05) is 36.4 Å². The molecular weight excluding hydrogens is 240 g/mol. The lowest BCUT2D eigenvalue weighted by Gasteiger charge is -2.19. The summed E-state index contributed by atoms with van der Waals surface area (Å²) in [5, 5.41) is 28.0. The van der Waals surface area contributed by atoms with Gasteiger partial charge in [-0.05, 0) is 11.6 Å². The summed E-state index contributed by atoms with van der Waals surface area (Å²) in [7, 11) is 0. The molecule has 0 aromatic heterocycles. The fraction of sp³-hybridized carbons (Fsp3) is 0.133. The molecule has 0 radical (unpaired) electrons. The highest BCUT2D eigenvalue weighted by Crippen LogP contribution is 2.29. The molecule has 0 spiro atoms. The zero-order chi connectivity index (χ0) is 13.8. The normalized spacial score (nSPS) is 19.7. The van der Waals surface area contributed by atoms with E-state index in [0.29, 0.717) is 5.56 Å². The van der Waals surface area contributed by atoms with E-state index in [9.17, 15) is 9.90 Å². The Kier molecular flexibility index (Phi) is 3.56. The second-order valence-electron chi connectivity index (χ2n) is 4.10. The van der Waals surface area contributed by atoms with E-state index in [1.807, 2.05) is 6.07 Å². The molecule has 0 heterocycles. The lowest BCUT2D eigenvalue weighted by Crippen LogP contribution is -2.23. The highest BCUT2D eigenvalue weighted by Gasteiger charge is 2.32. The van der Waals surface area contributed by atoms with Gasteiger partial charge in [-0.25, -0.2) is 0 Å². The molecule has 2 atom stereocenters. The Balaban J connectivity index is 2.39. The highest BCUT2D eigenvalue weighted by atomic mass is 16.3. The van der Waals surface area contributed by atoms with Gasteiger partial charge in [0.2, 0.25) is 0 Å². The quantitative estimate of drug-likeness (QED) is 0.867. The van der Waals surface area contributed by atoms with Crippen LogP contribution in [0.25, 0.3) is 0 Å². The van der Waals surface area contributed by atoms with Crippen molar-refractivity contribution >= 4 is 5.78 Å². The first-order chi connectivity index (χ1) is 9.19. The van der Waals surface area contributed by atoms with E-state index in [1.54, 1.807) is 36.4 Å². The van der Waals surface area contributed by atoms with Crippen molar-refractivity contribution in [3.63, 3.8) is 0 Å². The Hall–Kier alpha value is -2.69. The van der Waals surface area contributed by atoms with Crippen LogP contribution in [-0.2, 0) is 4.79 Å². The van der Waals surface area contributed by atoms with E-state index in [0.717, 1.165) is 0 Å². The number of ketones is 1. The summed E-state index contributed by atoms with van der Waals surface area (Å²) in [6.07, 6.45) is 1.74. The van der Waals surface area contributed by atoms with Crippen LogP contribution in [0.3, 0.4) is 0 Å². The molecule has 0 bridgehead atoms. The molecule has 0 saturated heterocycles. The number of carbonyl (C=O) groups is 1. The van der Waals surface area contributed by atoms with Crippen molar-refractivity contribution in [1.82, 2.24) is 0 Å². The number of nitrogens with zero attached hydrogens (tertiary/aromatic N) is 2. The molecule has 0 saturated carbocycles. The minimum atomic E-state index is -1.12. The summed E-state index contributed by atoms with van der Waals surface area (Å²) in [6, 6.07) is 12.3. The molecule has 2 unspecified atom stereocenters. The van der Waals surface area contributed by atoms with Crippen LogP contribution in [0.2, 0.25) is 0 Å². The second kappa shape index (κ2) is 5.30. The van der Waals surface area contributed by atoms with Crippen LogP contribution in [0.1, 0.15) is 11.7 Å². The Morgan fingerprint density at radius 1 is 1.16 bits per heavy atom. The smallest absolute Gasteiger partial charge is 0.184 e. The fourth-order valence-corrected chi connectivity index (χ4v) is 1.94. The fourth-order valence-electron chi connectivity index (χ4n) is 1.94. The van der Waals surface area contributed by atoms with Crippen LogP contribution in [0.5, 0.6) is 0 Å². The number of rotatable bonds is 2. The second-order valence-corrected chi connectivity index (χ2v) is 4.10. The first-order valence-corrected chi connectivity index (χ1v) is 5.67. The average molecular weight is 250 g/mol. The number of hydrogen-bond donors (Lipinski definition) is 1. The van der Waals surface area contributed by atoms with Crippen molar-refractivity contribution in [2.45, 2.75) is 6.10 Å². The monoisotopic (exact) mass is 250 g/mol. The van der Waals surface area contributed by atoms with Crippen LogP contribution in [0, 0.1) is 28.6 Å². The molecule has 1 aromatic rings. The topological polar surface area (TPSA) is 84.9 Å². The molecule has 0 amide bonds. The van der Waals surface area contributed by atoms with Crippen molar-refractivity contribution in [3.8, 4) is 12.1 Å². The van der Waals surface area contributed by atoms with Gasteiger partial charge < -0.3 is 5.11 Å². The van der Waals surface area contributed by atoms with E-state index >= 15 is 0 Å². The molecule has 0 fully saturated rings. The highest BCUT2D eigenvalue weighted by molar-refractivity contribution is 6.03. The number of aliphatic hydroxyl groups is 1. The Morgan fingerprint density at radius 2 is 1.84 bits per heavy atom. The van der Waals surface area contributed by atoms with Crippen LogP contribution >= 0.6 is 0 Å². The molecule has 19 heavy (non-hydrogen) atoms. The zero-order valence-corrected chi connectivity index (χ0v) is 9.95. The summed E-state index contributed by atoms with van der Waals surface area (Å²) < 4.78 is 0. The average Bonchev–Trinajstić information content (AvgIpc) is 2.47. The van der Waals surface area contributed by atoms with Crippen LogP contribution < -0.4 is 0 Å². The Bertz CT molecular complexity index is 645. The molecule has 1 aliphatic rings. The maximum Gasteiger partial charge on any atom is 0.184 e. The van der Waals surface area contributed by atoms with E-state index in [1.165, 1.54) is 12.2 Å². The number of hydrogen-bond acceptors (Lipinski definition) is 4. The Labute approximate surface area is 110 Å². The number of Topliss-reactive ketones (excluding diaryl/α,β-unsaturated/α-hetero) is 1. The number of aliphatic hydroxyl groups excluding tert-OH is 1. The summed E-state index contributed by atoms with van der Waals surface area (Å²) >= 11 is 0. The van der Waals surface area contributed by atoms with Crippen LogP contribution in [0.15, 0.2) is 53.6 Å². The standard InChI is InChI=1S/C15H10N2O2/c16-8-11-6-7-12(15(19)13(11)9-17)14(18)10-4-2-1-3-5-10/h1-7,13-14,18H. The number of nitriles is 2. The van der Waals surface area contributed by atoms with Gasteiger partial charge in [0.25, 0.3) is 0 Å². The molecule has 1 aromatic carbocycles. The van der Waals surface area contributed by atoms with E-state index in [-0.39, 0.29) is 11.1 Å². The minimum Gasteiger partial charge on any atom is -0.384 e. The SMILES string of the molecule is N#CC1=CC=C(C(O)c2ccccc2)C(=O)C1C#N. The van der Waals surface area contributed by atoms with Crippen molar-refractivity contribution < 1.29 is 9.90 Å².